The molecule has 0 fully saturated rings. The molecule has 7 nitrogen and oxygen atoms in total. The lowest BCUT2D eigenvalue weighted by Crippen LogP contribution is -2.30. The SMILES string of the molecule is CCOc1ccc(C2c3c(oc4cc(C)c(C)cc4c3=O)C(=O)N2c2ccc(Cl)cn2)cc1OC. The number of benzene rings is 2. The molecule has 0 saturated heterocycles. The zero-order valence-corrected chi connectivity index (χ0v) is 20.5. The first kappa shape index (κ1) is 22.9. The lowest BCUT2D eigenvalue weighted by atomic mass is 9.97. The molecule has 1 aliphatic heterocycles. The van der Waals surface area contributed by atoms with Gasteiger partial charge in [-0.05, 0) is 73.9 Å². The number of halogens is 1. The monoisotopic (exact) mass is 490 g/mol. The van der Waals surface area contributed by atoms with Crippen LogP contribution < -0.4 is 19.8 Å². The number of nitrogens with zero attached hydrogens (tertiary/aromatic N) is 2. The normalized spacial score (nSPS) is 14.9. The van der Waals surface area contributed by atoms with Crippen LogP contribution in [0.5, 0.6) is 11.5 Å². The topological polar surface area (TPSA) is 81.9 Å². The van der Waals surface area contributed by atoms with Crippen molar-refractivity contribution in [1.82, 2.24) is 4.98 Å². The van der Waals surface area contributed by atoms with Gasteiger partial charge in [-0.15, -0.1) is 0 Å². The summed E-state index contributed by atoms with van der Waals surface area (Å²) in [4.78, 5) is 33.4. The molecular formula is C27H23ClN2O5. The highest BCUT2D eigenvalue weighted by Crippen LogP contribution is 2.43. The van der Waals surface area contributed by atoms with E-state index in [9.17, 15) is 9.59 Å². The molecule has 2 aromatic heterocycles. The van der Waals surface area contributed by atoms with Gasteiger partial charge in [-0.1, -0.05) is 17.7 Å². The van der Waals surface area contributed by atoms with E-state index in [2.05, 4.69) is 4.98 Å². The Kier molecular flexibility index (Phi) is 5.73. The second kappa shape index (κ2) is 8.74. The quantitative estimate of drug-likeness (QED) is 0.361. The molecular weight excluding hydrogens is 468 g/mol. The smallest absolute Gasteiger partial charge is 0.296 e. The van der Waals surface area contributed by atoms with Gasteiger partial charge in [-0.25, -0.2) is 4.98 Å². The number of amides is 1. The first-order valence-corrected chi connectivity index (χ1v) is 11.6. The Morgan fingerprint density at radius 3 is 2.51 bits per heavy atom. The molecule has 0 aliphatic carbocycles. The molecule has 35 heavy (non-hydrogen) atoms. The fourth-order valence-electron chi connectivity index (χ4n) is 4.42. The fraction of sp³-hybridized carbons (Fsp3) is 0.222. The zero-order chi connectivity index (χ0) is 24.9. The Bertz CT molecular complexity index is 1530. The van der Waals surface area contributed by atoms with Crippen molar-refractivity contribution in [2.75, 3.05) is 18.6 Å². The number of aryl methyl sites for hydroxylation is 2. The number of anilines is 1. The van der Waals surface area contributed by atoms with Crippen molar-refractivity contribution >= 4 is 34.3 Å². The number of hydrogen-bond acceptors (Lipinski definition) is 6. The van der Waals surface area contributed by atoms with Crippen molar-refractivity contribution in [1.29, 1.82) is 0 Å². The number of carbonyl (C=O) groups is 1. The van der Waals surface area contributed by atoms with Crippen LogP contribution in [0.2, 0.25) is 5.02 Å². The number of methoxy groups -OCH3 is 1. The van der Waals surface area contributed by atoms with Crippen molar-refractivity contribution in [3.8, 4) is 11.5 Å². The van der Waals surface area contributed by atoms with E-state index < -0.39 is 11.9 Å². The van der Waals surface area contributed by atoms with Crippen LogP contribution in [0.4, 0.5) is 5.82 Å². The van der Waals surface area contributed by atoms with E-state index in [0.717, 1.165) is 11.1 Å². The molecule has 1 aliphatic rings. The minimum absolute atomic E-state index is 0.000328. The minimum atomic E-state index is -0.780. The van der Waals surface area contributed by atoms with Gasteiger partial charge >= 0.3 is 0 Å². The van der Waals surface area contributed by atoms with Crippen LogP contribution in [0.3, 0.4) is 0 Å². The second-order valence-corrected chi connectivity index (χ2v) is 8.80. The van der Waals surface area contributed by atoms with Crippen molar-refractivity contribution in [2.24, 2.45) is 0 Å². The average molecular weight is 491 g/mol. The molecule has 0 spiro atoms. The Labute approximate surface area is 206 Å². The van der Waals surface area contributed by atoms with Crippen LogP contribution in [0.25, 0.3) is 11.0 Å². The van der Waals surface area contributed by atoms with Crippen molar-refractivity contribution in [3.63, 3.8) is 0 Å². The average Bonchev–Trinajstić information content (AvgIpc) is 3.14. The van der Waals surface area contributed by atoms with Crippen LogP contribution >= 0.6 is 11.6 Å². The van der Waals surface area contributed by atoms with E-state index in [1.54, 1.807) is 43.5 Å². The van der Waals surface area contributed by atoms with Crippen LogP contribution in [-0.4, -0.2) is 24.6 Å². The van der Waals surface area contributed by atoms with Gasteiger partial charge < -0.3 is 13.9 Å². The number of carbonyl (C=O) groups excluding carboxylic acids is 1. The second-order valence-electron chi connectivity index (χ2n) is 8.36. The molecule has 0 saturated carbocycles. The predicted molar refractivity (Wildman–Crippen MR) is 134 cm³/mol. The largest absolute Gasteiger partial charge is 0.493 e. The summed E-state index contributed by atoms with van der Waals surface area (Å²) < 4.78 is 17.3. The molecule has 0 bridgehead atoms. The highest BCUT2D eigenvalue weighted by Gasteiger charge is 2.44. The van der Waals surface area contributed by atoms with Crippen LogP contribution in [0.1, 0.15) is 45.8 Å². The van der Waals surface area contributed by atoms with Gasteiger partial charge in [-0.2, -0.15) is 0 Å². The lowest BCUT2D eigenvalue weighted by molar-refractivity contribution is 0.0970. The van der Waals surface area contributed by atoms with Crippen molar-refractivity contribution < 1.29 is 18.7 Å². The first-order valence-electron chi connectivity index (χ1n) is 11.2. The standard InChI is InChI=1S/C27H23ClN2O5/c1-5-34-19-8-6-16(12-21(19)33-4)24-23-25(31)18-10-14(2)15(3)11-20(18)35-26(23)27(32)30(24)22-9-7-17(28)13-29-22/h6-13,24H,5H2,1-4H3. The van der Waals surface area contributed by atoms with Crippen molar-refractivity contribution in [2.45, 2.75) is 26.8 Å². The summed E-state index contributed by atoms with van der Waals surface area (Å²) in [5.74, 6) is 0.951. The Morgan fingerprint density at radius 2 is 1.83 bits per heavy atom. The van der Waals surface area contributed by atoms with Crippen LogP contribution in [0.15, 0.2) is 57.9 Å². The lowest BCUT2D eigenvalue weighted by Gasteiger charge is -2.25. The third-order valence-electron chi connectivity index (χ3n) is 6.25. The van der Waals surface area contributed by atoms with Gasteiger partial charge in [0.1, 0.15) is 11.4 Å². The minimum Gasteiger partial charge on any atom is -0.493 e. The van der Waals surface area contributed by atoms with Gasteiger partial charge in [0.05, 0.1) is 35.7 Å². The molecule has 2 aromatic carbocycles. The summed E-state index contributed by atoms with van der Waals surface area (Å²) in [5.41, 5.74) is 2.96. The Balaban J connectivity index is 1.79. The summed E-state index contributed by atoms with van der Waals surface area (Å²) in [5, 5.41) is 0.858. The highest BCUT2D eigenvalue weighted by atomic mass is 35.5. The molecule has 4 aromatic rings. The molecule has 0 N–H and O–H groups in total. The van der Waals surface area contributed by atoms with E-state index in [0.29, 0.717) is 45.5 Å². The maximum Gasteiger partial charge on any atom is 0.296 e. The van der Waals surface area contributed by atoms with Gasteiger partial charge in [0.2, 0.25) is 5.76 Å². The van der Waals surface area contributed by atoms with Crippen LogP contribution in [-0.2, 0) is 0 Å². The van der Waals surface area contributed by atoms with Gasteiger partial charge in [0.25, 0.3) is 5.91 Å². The molecule has 0 radical (unpaired) electrons. The van der Waals surface area contributed by atoms with Gasteiger partial charge in [0, 0.05) is 6.20 Å². The Morgan fingerprint density at radius 1 is 1.06 bits per heavy atom. The molecule has 1 unspecified atom stereocenters. The van der Waals surface area contributed by atoms with E-state index >= 15 is 0 Å². The summed E-state index contributed by atoms with van der Waals surface area (Å²) in [6, 6.07) is 11.5. The molecule has 5 rings (SSSR count). The first-order chi connectivity index (χ1) is 16.8. The highest BCUT2D eigenvalue weighted by molar-refractivity contribution is 6.30. The maximum atomic E-state index is 13.8. The van der Waals surface area contributed by atoms with Gasteiger partial charge in [-0.3, -0.25) is 14.5 Å². The van der Waals surface area contributed by atoms with Crippen LogP contribution in [0, 0.1) is 13.8 Å². The van der Waals surface area contributed by atoms with E-state index in [4.69, 9.17) is 25.5 Å². The molecule has 178 valence electrons. The maximum absolute atomic E-state index is 13.8. The number of rotatable bonds is 5. The molecule has 1 atom stereocenters. The number of fused-ring (bicyclic) bond motifs is 2. The Hall–Kier alpha value is -3.84. The fourth-order valence-corrected chi connectivity index (χ4v) is 4.53. The summed E-state index contributed by atoms with van der Waals surface area (Å²) >= 11 is 6.04. The number of aromatic nitrogens is 1. The molecule has 1 amide bonds. The third-order valence-corrected chi connectivity index (χ3v) is 6.47. The van der Waals surface area contributed by atoms with Gasteiger partial charge in [0.15, 0.2) is 16.9 Å². The van der Waals surface area contributed by atoms with E-state index in [1.165, 1.54) is 11.1 Å². The summed E-state index contributed by atoms with van der Waals surface area (Å²) in [6.07, 6.45) is 1.46. The number of hydrogen-bond donors (Lipinski definition) is 0. The number of ether oxygens (including phenoxy) is 2. The van der Waals surface area contributed by atoms with E-state index in [1.807, 2.05) is 26.8 Å². The molecule has 8 heteroatoms. The third kappa shape index (κ3) is 3.72. The number of pyridine rings is 1. The zero-order valence-electron chi connectivity index (χ0n) is 19.7. The predicted octanol–water partition coefficient (Wildman–Crippen LogP) is 5.62. The van der Waals surface area contributed by atoms with E-state index in [-0.39, 0.29) is 16.8 Å². The molecule has 3 heterocycles. The summed E-state index contributed by atoms with van der Waals surface area (Å²) in [7, 11) is 1.54. The summed E-state index contributed by atoms with van der Waals surface area (Å²) in [6.45, 7) is 6.22. The van der Waals surface area contributed by atoms with Crippen molar-refractivity contribution in [3.05, 3.63) is 91.9 Å².